The van der Waals surface area contributed by atoms with Gasteiger partial charge in [-0.2, -0.15) is 23.0 Å². The number of carbonyl (C=O) groups excluding carboxylic acids is 1. The summed E-state index contributed by atoms with van der Waals surface area (Å²) in [5.41, 5.74) is 1.06. The van der Waals surface area contributed by atoms with Crippen LogP contribution in [-0.4, -0.2) is 35.6 Å². The van der Waals surface area contributed by atoms with Crippen LogP contribution in [-0.2, 0) is 22.7 Å². The Hall–Kier alpha value is -4.76. The van der Waals surface area contributed by atoms with E-state index in [-0.39, 0.29) is 47.5 Å². The maximum Gasteiger partial charge on any atom is 0.416 e. The number of nitro benzene ring substituents is 1. The molecule has 0 bridgehead atoms. The van der Waals surface area contributed by atoms with E-state index < -0.39 is 43.2 Å². The first-order valence-electron chi connectivity index (χ1n) is 14.1. The number of non-ortho nitro benzene ring substituents is 1. The number of nitrogens with zero attached hydrogens (tertiary/aromatic N) is 3. The van der Waals surface area contributed by atoms with E-state index in [1.54, 1.807) is 26.0 Å². The summed E-state index contributed by atoms with van der Waals surface area (Å²) in [4.78, 5) is 23.7. The molecule has 0 unspecified atom stereocenters. The van der Waals surface area contributed by atoms with Crippen molar-refractivity contribution in [2.45, 2.75) is 52.2 Å². The van der Waals surface area contributed by atoms with Crippen LogP contribution in [0.15, 0.2) is 65.6 Å². The van der Waals surface area contributed by atoms with Gasteiger partial charge in [-0.3, -0.25) is 14.9 Å². The van der Waals surface area contributed by atoms with Crippen molar-refractivity contribution in [2.24, 2.45) is 5.92 Å². The fourth-order valence-electron chi connectivity index (χ4n) is 4.43. The van der Waals surface area contributed by atoms with Gasteiger partial charge in [-0.25, -0.2) is 13.1 Å². The number of sulfonamides is 1. The summed E-state index contributed by atoms with van der Waals surface area (Å²) >= 11 is 0. The van der Waals surface area contributed by atoms with Gasteiger partial charge < -0.3 is 10.1 Å². The van der Waals surface area contributed by atoms with E-state index in [9.17, 15) is 36.5 Å². The summed E-state index contributed by atoms with van der Waals surface area (Å²) in [5.74, 6) is -1.10. The van der Waals surface area contributed by atoms with Gasteiger partial charge >= 0.3 is 6.18 Å². The van der Waals surface area contributed by atoms with Crippen molar-refractivity contribution in [2.75, 3.05) is 6.54 Å². The highest BCUT2D eigenvalue weighted by Crippen LogP contribution is 2.36. The van der Waals surface area contributed by atoms with Crippen molar-refractivity contribution in [3.8, 4) is 17.3 Å². The number of ether oxygens (including phenoxy) is 1. The zero-order valence-electron chi connectivity index (χ0n) is 25.6. The van der Waals surface area contributed by atoms with Crippen LogP contribution in [0.4, 0.5) is 18.9 Å². The first-order chi connectivity index (χ1) is 21.5. The molecule has 0 fully saturated rings. The molecule has 2 N–H and O–H groups in total. The number of carbonyl (C=O) groups is 1. The monoisotopic (exact) mass is 659 g/mol. The smallest absolute Gasteiger partial charge is 0.416 e. The van der Waals surface area contributed by atoms with Crippen LogP contribution in [0.2, 0.25) is 0 Å². The molecule has 4 rings (SSSR count). The molecule has 4 aromatic rings. The molecular formula is C31H32F3N5O6S. The van der Waals surface area contributed by atoms with Crippen LogP contribution in [0.25, 0.3) is 5.69 Å². The third-order valence-electron chi connectivity index (χ3n) is 7.11. The summed E-state index contributed by atoms with van der Waals surface area (Å²) in [6.45, 7) is 8.59. The Bertz CT molecular complexity index is 1900. The van der Waals surface area contributed by atoms with Crippen LogP contribution in [0, 0.1) is 36.8 Å². The maximum atomic E-state index is 13.4. The number of rotatable bonds is 11. The lowest BCUT2D eigenvalue weighted by Gasteiger charge is -2.16. The quantitative estimate of drug-likeness (QED) is 0.140. The van der Waals surface area contributed by atoms with Gasteiger partial charge in [0.15, 0.2) is 5.69 Å². The lowest BCUT2D eigenvalue weighted by Crippen LogP contribution is -2.28. The first-order valence-corrected chi connectivity index (χ1v) is 15.5. The van der Waals surface area contributed by atoms with Gasteiger partial charge in [0.1, 0.15) is 10.6 Å². The molecule has 0 spiro atoms. The molecule has 3 aromatic carbocycles. The molecule has 46 heavy (non-hydrogen) atoms. The highest BCUT2D eigenvalue weighted by Gasteiger charge is 2.31. The van der Waals surface area contributed by atoms with E-state index in [1.807, 2.05) is 19.9 Å². The third-order valence-corrected chi connectivity index (χ3v) is 8.56. The Morgan fingerprint density at radius 2 is 1.74 bits per heavy atom. The molecule has 0 saturated carbocycles. The van der Waals surface area contributed by atoms with E-state index in [2.05, 4.69) is 15.1 Å². The zero-order valence-corrected chi connectivity index (χ0v) is 26.4. The molecule has 0 atom stereocenters. The second-order valence-corrected chi connectivity index (χ2v) is 12.8. The fraction of sp³-hybridized carbons (Fsp3) is 0.290. The number of aryl methyl sites for hydroxylation is 1. The Morgan fingerprint density at radius 1 is 1.04 bits per heavy atom. The normalized spacial score (nSPS) is 11.9. The number of aromatic nitrogens is 2. The van der Waals surface area contributed by atoms with Crippen molar-refractivity contribution in [3.05, 3.63) is 104 Å². The van der Waals surface area contributed by atoms with E-state index in [4.69, 9.17) is 4.74 Å². The van der Waals surface area contributed by atoms with Gasteiger partial charge in [-0.15, -0.1) is 0 Å². The average Bonchev–Trinajstić information content (AvgIpc) is 3.31. The molecule has 0 saturated heterocycles. The Kier molecular flexibility index (Phi) is 9.87. The number of halogens is 3. The molecule has 0 aliphatic rings. The molecule has 0 radical (unpaired) electrons. The van der Waals surface area contributed by atoms with Crippen LogP contribution in [0.5, 0.6) is 11.6 Å². The minimum atomic E-state index is -4.55. The SMILES string of the molecule is Cc1cccc(-n2nc(C(=O)NCc3cccc(C(F)(F)F)c3)c(C)c2Oc2ccc([N+](=O)[O-])cc2S(=O)(=O)NCC(C)C)c1C. The van der Waals surface area contributed by atoms with Crippen LogP contribution >= 0.6 is 0 Å². The van der Waals surface area contributed by atoms with Gasteiger partial charge in [0.2, 0.25) is 15.9 Å². The van der Waals surface area contributed by atoms with Crippen LogP contribution in [0.1, 0.15) is 52.2 Å². The number of hydrogen-bond donors (Lipinski definition) is 2. The predicted molar refractivity (Wildman–Crippen MR) is 164 cm³/mol. The maximum absolute atomic E-state index is 13.4. The minimum absolute atomic E-state index is 0.0490. The largest absolute Gasteiger partial charge is 0.437 e. The van der Waals surface area contributed by atoms with Crippen molar-refractivity contribution in [1.82, 2.24) is 19.8 Å². The fourth-order valence-corrected chi connectivity index (χ4v) is 5.79. The molecule has 15 heteroatoms. The van der Waals surface area contributed by atoms with Crippen molar-refractivity contribution >= 4 is 21.6 Å². The molecular weight excluding hydrogens is 627 g/mol. The molecule has 1 amide bonds. The zero-order chi connectivity index (χ0) is 34.0. The van der Waals surface area contributed by atoms with Gasteiger partial charge in [-0.05, 0) is 67.6 Å². The number of amides is 1. The lowest BCUT2D eigenvalue weighted by molar-refractivity contribution is -0.385. The molecule has 1 heterocycles. The Labute approximate surface area is 263 Å². The van der Waals surface area contributed by atoms with E-state index in [0.717, 1.165) is 41.5 Å². The van der Waals surface area contributed by atoms with Gasteiger partial charge in [0.05, 0.1) is 16.2 Å². The first kappa shape index (κ1) is 34.1. The van der Waals surface area contributed by atoms with Crippen molar-refractivity contribution in [3.63, 3.8) is 0 Å². The van der Waals surface area contributed by atoms with E-state index in [0.29, 0.717) is 5.69 Å². The predicted octanol–water partition coefficient (Wildman–Crippen LogP) is 6.38. The van der Waals surface area contributed by atoms with Crippen molar-refractivity contribution < 1.29 is 36.0 Å². The minimum Gasteiger partial charge on any atom is -0.437 e. The molecule has 11 nitrogen and oxygen atoms in total. The van der Waals surface area contributed by atoms with Crippen LogP contribution in [0.3, 0.4) is 0 Å². The van der Waals surface area contributed by atoms with Gasteiger partial charge in [0.25, 0.3) is 11.6 Å². The Balaban J connectivity index is 1.80. The second kappa shape index (κ2) is 13.3. The van der Waals surface area contributed by atoms with Gasteiger partial charge in [-0.1, -0.05) is 38.1 Å². The molecule has 0 aliphatic heterocycles. The van der Waals surface area contributed by atoms with E-state index >= 15 is 0 Å². The third kappa shape index (κ3) is 7.54. The van der Waals surface area contributed by atoms with Crippen LogP contribution < -0.4 is 14.8 Å². The topological polar surface area (TPSA) is 145 Å². The van der Waals surface area contributed by atoms with E-state index in [1.165, 1.54) is 23.7 Å². The standard InChI is InChI=1S/C31H32F3N5O6S/c1-18(2)16-36-46(43,44)27-15-24(39(41)42)12-13-26(27)45-30-21(5)28(37-38(30)25-11-6-8-19(3)20(25)4)29(40)35-17-22-9-7-10-23(14-22)31(32,33)34/h6-15,18,36H,16-17H2,1-5H3,(H,35,40). The highest BCUT2D eigenvalue weighted by atomic mass is 32.2. The summed E-state index contributed by atoms with van der Waals surface area (Å²) in [5, 5.41) is 18.6. The second-order valence-electron chi connectivity index (χ2n) is 11.0. The number of hydrogen-bond acceptors (Lipinski definition) is 7. The molecule has 244 valence electrons. The summed E-state index contributed by atoms with van der Waals surface area (Å²) < 4.78 is 76.1. The molecule has 1 aromatic heterocycles. The summed E-state index contributed by atoms with van der Waals surface area (Å²) in [6.07, 6.45) is -4.55. The highest BCUT2D eigenvalue weighted by molar-refractivity contribution is 7.89. The number of benzene rings is 3. The number of nitro groups is 1. The van der Waals surface area contributed by atoms with Crippen molar-refractivity contribution in [1.29, 1.82) is 0 Å². The number of nitrogens with one attached hydrogen (secondary N) is 2. The average molecular weight is 660 g/mol. The lowest BCUT2D eigenvalue weighted by atomic mass is 10.1. The van der Waals surface area contributed by atoms with Gasteiger partial charge in [0, 0.05) is 30.8 Å². The number of alkyl halides is 3. The summed E-state index contributed by atoms with van der Waals surface area (Å²) in [6, 6.07) is 13.0. The Morgan fingerprint density at radius 3 is 2.39 bits per heavy atom. The molecule has 0 aliphatic carbocycles. The summed E-state index contributed by atoms with van der Waals surface area (Å²) in [7, 11) is -4.30.